The van der Waals surface area contributed by atoms with Gasteiger partial charge in [-0.15, -0.1) is 0 Å². The van der Waals surface area contributed by atoms with Crippen LogP contribution in [0.1, 0.15) is 37.2 Å². The zero-order valence-electron chi connectivity index (χ0n) is 6.99. The van der Waals surface area contributed by atoms with Gasteiger partial charge in [-0.25, -0.2) is 5.11 Å². The molecule has 0 unspecified atom stereocenters. The molecule has 1 saturated carbocycles. The Bertz CT molecular complexity index is 233. The fraction of sp³-hybridized carbons (Fsp3) is 0.667. The summed E-state index contributed by atoms with van der Waals surface area (Å²) in [4.78, 5) is 0. The van der Waals surface area contributed by atoms with Crippen LogP contribution in [0.5, 0.6) is 0 Å². The summed E-state index contributed by atoms with van der Waals surface area (Å²) in [5, 5.41) is 18.2. The molecule has 0 aromatic carbocycles. The number of rotatable bonds is 1. The third-order valence-electron chi connectivity index (χ3n) is 2.65. The van der Waals surface area contributed by atoms with Gasteiger partial charge in [0.2, 0.25) is 0 Å². The lowest BCUT2D eigenvalue weighted by molar-refractivity contribution is 0.0373. The Morgan fingerprint density at radius 1 is 1.42 bits per heavy atom. The standard InChI is InChI=1S/C9H13N2O/c12-9-4-2-1-3-8(9)7-5-10-11-6-7/h5-6,8-9H,1-4H2,(H,10,11)/t8-,9+/m1/s1. The predicted octanol–water partition coefficient (Wildman–Crippen LogP) is 1.87. The van der Waals surface area contributed by atoms with Crippen LogP contribution in [-0.2, 0) is 5.11 Å². The van der Waals surface area contributed by atoms with E-state index in [0.717, 1.165) is 24.8 Å². The van der Waals surface area contributed by atoms with Gasteiger partial charge in [-0.05, 0) is 18.4 Å². The highest BCUT2D eigenvalue weighted by atomic mass is 16.3. The van der Waals surface area contributed by atoms with Crippen LogP contribution in [0, 0.1) is 0 Å². The molecular weight excluding hydrogens is 152 g/mol. The summed E-state index contributed by atoms with van der Waals surface area (Å²) in [6.07, 6.45) is 7.37. The first-order chi connectivity index (χ1) is 5.88. The summed E-state index contributed by atoms with van der Waals surface area (Å²) in [6, 6.07) is 0. The minimum absolute atomic E-state index is 0.206. The van der Waals surface area contributed by atoms with Crippen molar-refractivity contribution in [2.75, 3.05) is 0 Å². The number of aromatic nitrogens is 2. The normalized spacial score (nSPS) is 30.4. The fourth-order valence-corrected chi connectivity index (χ4v) is 1.94. The van der Waals surface area contributed by atoms with Crippen molar-refractivity contribution in [3.05, 3.63) is 18.0 Å². The molecule has 0 saturated heterocycles. The maximum Gasteiger partial charge on any atom is 0.0999 e. The van der Waals surface area contributed by atoms with E-state index in [0.29, 0.717) is 0 Å². The average Bonchev–Trinajstić information content (AvgIpc) is 2.57. The predicted molar refractivity (Wildman–Crippen MR) is 44.3 cm³/mol. The van der Waals surface area contributed by atoms with Crippen LogP contribution in [0.15, 0.2) is 12.4 Å². The molecule has 65 valence electrons. The van der Waals surface area contributed by atoms with Crippen molar-refractivity contribution in [3.8, 4) is 0 Å². The quantitative estimate of drug-likeness (QED) is 0.678. The molecule has 2 rings (SSSR count). The van der Waals surface area contributed by atoms with E-state index < -0.39 is 6.10 Å². The molecule has 1 radical (unpaired) electrons. The van der Waals surface area contributed by atoms with Crippen LogP contribution < -0.4 is 0 Å². The first-order valence-corrected chi connectivity index (χ1v) is 4.52. The van der Waals surface area contributed by atoms with Crippen LogP contribution in [0.4, 0.5) is 0 Å². The van der Waals surface area contributed by atoms with Crippen LogP contribution in [0.3, 0.4) is 0 Å². The van der Waals surface area contributed by atoms with Gasteiger partial charge >= 0.3 is 0 Å². The van der Waals surface area contributed by atoms with Crippen molar-refractivity contribution in [2.45, 2.75) is 37.7 Å². The van der Waals surface area contributed by atoms with Crippen molar-refractivity contribution < 1.29 is 5.11 Å². The summed E-state index contributed by atoms with van der Waals surface area (Å²) in [7, 11) is 0. The fourth-order valence-electron chi connectivity index (χ4n) is 1.94. The van der Waals surface area contributed by atoms with E-state index in [1.807, 2.05) is 6.20 Å². The number of nitrogens with one attached hydrogen (secondary N) is 1. The summed E-state index contributed by atoms with van der Waals surface area (Å²) in [5.41, 5.74) is 1.09. The van der Waals surface area contributed by atoms with Crippen molar-refractivity contribution in [1.29, 1.82) is 0 Å². The van der Waals surface area contributed by atoms with Gasteiger partial charge < -0.3 is 0 Å². The first kappa shape index (κ1) is 7.80. The molecule has 0 amide bonds. The number of nitrogens with zero attached hydrogens (tertiary/aromatic N) is 1. The van der Waals surface area contributed by atoms with Crippen LogP contribution >= 0.6 is 0 Å². The molecule has 3 heteroatoms. The number of H-pyrrole nitrogens is 1. The van der Waals surface area contributed by atoms with Crippen LogP contribution in [-0.4, -0.2) is 16.3 Å². The second-order valence-electron chi connectivity index (χ2n) is 3.46. The van der Waals surface area contributed by atoms with E-state index in [1.54, 1.807) is 6.20 Å². The van der Waals surface area contributed by atoms with Gasteiger partial charge in [-0.1, -0.05) is 12.8 Å². The minimum atomic E-state index is -0.406. The Labute approximate surface area is 71.8 Å². The molecule has 0 spiro atoms. The van der Waals surface area contributed by atoms with Gasteiger partial charge in [0.15, 0.2) is 0 Å². The van der Waals surface area contributed by atoms with Crippen molar-refractivity contribution in [1.82, 2.24) is 10.2 Å². The monoisotopic (exact) mass is 165 g/mol. The summed E-state index contributed by atoms with van der Waals surface area (Å²) >= 11 is 0. The minimum Gasteiger partial charge on any atom is -0.285 e. The van der Waals surface area contributed by atoms with Crippen molar-refractivity contribution in [2.24, 2.45) is 0 Å². The third-order valence-corrected chi connectivity index (χ3v) is 2.65. The van der Waals surface area contributed by atoms with Gasteiger partial charge in [0.1, 0.15) is 0 Å². The van der Waals surface area contributed by atoms with Gasteiger partial charge in [0, 0.05) is 12.1 Å². The number of aromatic amines is 1. The molecule has 12 heavy (non-hydrogen) atoms. The molecule has 1 fully saturated rings. The number of hydrogen-bond acceptors (Lipinski definition) is 1. The lowest BCUT2D eigenvalue weighted by Gasteiger charge is -2.24. The Balaban J connectivity index is 2.11. The number of hydrogen-bond donors (Lipinski definition) is 1. The summed E-state index contributed by atoms with van der Waals surface area (Å²) < 4.78 is 0. The van der Waals surface area contributed by atoms with E-state index in [9.17, 15) is 5.11 Å². The average molecular weight is 165 g/mol. The molecule has 1 aromatic heterocycles. The van der Waals surface area contributed by atoms with E-state index in [-0.39, 0.29) is 5.92 Å². The van der Waals surface area contributed by atoms with Gasteiger partial charge in [0.05, 0.1) is 12.3 Å². The molecule has 0 bridgehead atoms. The van der Waals surface area contributed by atoms with Gasteiger partial charge in [-0.3, -0.25) is 5.10 Å². The maximum atomic E-state index is 11.5. The lowest BCUT2D eigenvalue weighted by Crippen LogP contribution is -2.20. The zero-order chi connectivity index (χ0) is 8.39. The SMILES string of the molecule is [O][C@H]1CCCC[C@@H]1c1cn[nH]c1. The van der Waals surface area contributed by atoms with Crippen molar-refractivity contribution in [3.63, 3.8) is 0 Å². The third kappa shape index (κ3) is 1.37. The molecule has 1 N–H and O–H groups in total. The van der Waals surface area contributed by atoms with E-state index >= 15 is 0 Å². The highest BCUT2D eigenvalue weighted by Crippen LogP contribution is 2.32. The van der Waals surface area contributed by atoms with Crippen LogP contribution in [0.25, 0.3) is 0 Å². The Morgan fingerprint density at radius 3 is 2.92 bits per heavy atom. The van der Waals surface area contributed by atoms with Crippen LogP contribution in [0.2, 0.25) is 0 Å². The van der Waals surface area contributed by atoms with Crippen molar-refractivity contribution >= 4 is 0 Å². The lowest BCUT2D eigenvalue weighted by atomic mass is 9.83. The molecule has 1 aliphatic carbocycles. The van der Waals surface area contributed by atoms with E-state index in [1.165, 1.54) is 6.42 Å². The van der Waals surface area contributed by atoms with Gasteiger partial charge in [0.25, 0.3) is 0 Å². The highest BCUT2D eigenvalue weighted by Gasteiger charge is 2.26. The Hall–Kier alpha value is -0.830. The highest BCUT2D eigenvalue weighted by molar-refractivity contribution is 5.13. The molecule has 3 nitrogen and oxygen atoms in total. The molecule has 1 aliphatic rings. The molecule has 1 aromatic rings. The van der Waals surface area contributed by atoms with E-state index in [4.69, 9.17) is 0 Å². The van der Waals surface area contributed by atoms with Gasteiger partial charge in [-0.2, -0.15) is 5.10 Å². The summed E-state index contributed by atoms with van der Waals surface area (Å²) in [6.45, 7) is 0. The second-order valence-corrected chi connectivity index (χ2v) is 3.46. The first-order valence-electron chi connectivity index (χ1n) is 4.52. The molecule has 0 aliphatic heterocycles. The largest absolute Gasteiger partial charge is 0.285 e. The Kier molecular flexibility index (Phi) is 2.13. The molecule has 1 heterocycles. The topological polar surface area (TPSA) is 48.6 Å². The zero-order valence-corrected chi connectivity index (χ0v) is 6.99. The molecule has 2 atom stereocenters. The second kappa shape index (κ2) is 3.27. The Morgan fingerprint density at radius 2 is 2.25 bits per heavy atom. The maximum absolute atomic E-state index is 11.5. The smallest absolute Gasteiger partial charge is 0.0999 e. The molecular formula is C9H13N2O. The summed E-state index contributed by atoms with van der Waals surface area (Å²) in [5.74, 6) is 0.206. The van der Waals surface area contributed by atoms with E-state index in [2.05, 4.69) is 10.2 Å².